The van der Waals surface area contributed by atoms with Gasteiger partial charge in [0, 0.05) is 22.7 Å². The number of fused-ring (bicyclic) bond motifs is 1. The second kappa shape index (κ2) is 6.52. The third-order valence-electron chi connectivity index (χ3n) is 3.65. The number of hydrogen-bond donors (Lipinski definition) is 1. The summed E-state index contributed by atoms with van der Waals surface area (Å²) in [6.45, 7) is 0.185. The lowest BCUT2D eigenvalue weighted by molar-refractivity contribution is -0.115. The molecule has 0 atom stereocenters. The third kappa shape index (κ3) is 3.32. The van der Waals surface area contributed by atoms with Gasteiger partial charge in [0.25, 0.3) is 0 Å². The molecule has 7 heteroatoms. The van der Waals surface area contributed by atoms with E-state index in [4.69, 9.17) is 9.47 Å². The van der Waals surface area contributed by atoms with Crippen LogP contribution in [-0.4, -0.2) is 17.7 Å². The highest BCUT2D eigenvalue weighted by atomic mass is 32.1. The second-order valence-electron chi connectivity index (χ2n) is 5.42. The molecular formula is C18H13FN2O3S. The van der Waals surface area contributed by atoms with E-state index in [9.17, 15) is 9.18 Å². The quantitative estimate of drug-likeness (QED) is 0.771. The van der Waals surface area contributed by atoms with Gasteiger partial charge < -0.3 is 14.8 Å². The Kier molecular flexibility index (Phi) is 4.07. The van der Waals surface area contributed by atoms with E-state index in [1.54, 1.807) is 41.8 Å². The summed E-state index contributed by atoms with van der Waals surface area (Å²) in [4.78, 5) is 16.6. The number of anilines is 1. The molecule has 0 aliphatic carbocycles. The molecule has 1 amide bonds. The first-order valence-corrected chi connectivity index (χ1v) is 8.46. The molecule has 0 saturated carbocycles. The van der Waals surface area contributed by atoms with Gasteiger partial charge in [-0.1, -0.05) is 12.1 Å². The van der Waals surface area contributed by atoms with Crippen LogP contribution in [0.15, 0.2) is 47.8 Å². The summed E-state index contributed by atoms with van der Waals surface area (Å²) in [6.07, 6.45) is 0.111. The molecule has 3 aromatic rings. The standard InChI is InChI=1S/C18H13FN2O3S/c19-14-4-2-1-3-13(14)18-21-12(9-25-18)8-17(22)20-11-5-6-15-16(7-11)24-10-23-15/h1-7,9H,8,10H2,(H,20,22). The van der Waals surface area contributed by atoms with Crippen LogP contribution in [0.2, 0.25) is 0 Å². The predicted molar refractivity (Wildman–Crippen MR) is 92.4 cm³/mol. The molecule has 25 heavy (non-hydrogen) atoms. The van der Waals surface area contributed by atoms with Crippen LogP contribution in [0.25, 0.3) is 10.6 Å². The van der Waals surface area contributed by atoms with Gasteiger partial charge in [0.15, 0.2) is 11.5 Å². The summed E-state index contributed by atoms with van der Waals surface area (Å²) >= 11 is 1.31. The number of ether oxygens (including phenoxy) is 2. The minimum absolute atomic E-state index is 0.111. The fourth-order valence-corrected chi connectivity index (χ4v) is 3.34. The summed E-state index contributed by atoms with van der Waals surface area (Å²) < 4.78 is 24.3. The summed E-state index contributed by atoms with van der Waals surface area (Å²) in [6, 6.07) is 11.7. The molecule has 0 unspecified atom stereocenters. The maximum Gasteiger partial charge on any atom is 0.231 e. The number of hydrogen-bond acceptors (Lipinski definition) is 5. The number of rotatable bonds is 4. The maximum absolute atomic E-state index is 13.8. The first-order chi connectivity index (χ1) is 12.2. The molecule has 2 aromatic carbocycles. The van der Waals surface area contributed by atoms with Gasteiger partial charge in [-0.2, -0.15) is 0 Å². The van der Waals surface area contributed by atoms with Crippen LogP contribution in [0, 0.1) is 5.82 Å². The molecule has 5 nitrogen and oxygen atoms in total. The van der Waals surface area contributed by atoms with Crippen LogP contribution < -0.4 is 14.8 Å². The van der Waals surface area contributed by atoms with Crippen molar-refractivity contribution < 1.29 is 18.7 Å². The lowest BCUT2D eigenvalue weighted by Gasteiger charge is -2.05. The van der Waals surface area contributed by atoms with E-state index in [-0.39, 0.29) is 24.9 Å². The average Bonchev–Trinajstić information content (AvgIpc) is 3.24. The number of thiazole rings is 1. The van der Waals surface area contributed by atoms with Crippen LogP contribution in [-0.2, 0) is 11.2 Å². The summed E-state index contributed by atoms with van der Waals surface area (Å²) in [5.41, 5.74) is 1.66. The first kappa shape index (κ1) is 15.6. The van der Waals surface area contributed by atoms with Crippen molar-refractivity contribution in [3.8, 4) is 22.1 Å². The number of nitrogens with one attached hydrogen (secondary N) is 1. The zero-order valence-corrected chi connectivity index (χ0v) is 13.8. The van der Waals surface area contributed by atoms with Gasteiger partial charge in [0.1, 0.15) is 10.8 Å². The largest absolute Gasteiger partial charge is 0.454 e. The zero-order valence-electron chi connectivity index (χ0n) is 13.0. The van der Waals surface area contributed by atoms with Gasteiger partial charge >= 0.3 is 0 Å². The van der Waals surface area contributed by atoms with Gasteiger partial charge in [0.2, 0.25) is 12.7 Å². The van der Waals surface area contributed by atoms with Crippen LogP contribution in [0.5, 0.6) is 11.5 Å². The SMILES string of the molecule is O=C(Cc1csc(-c2ccccc2F)n1)Nc1ccc2c(c1)OCO2. The molecule has 1 aromatic heterocycles. The summed E-state index contributed by atoms with van der Waals surface area (Å²) in [5, 5.41) is 5.12. The Hall–Kier alpha value is -2.93. The van der Waals surface area contributed by atoms with E-state index in [2.05, 4.69) is 10.3 Å². The monoisotopic (exact) mass is 356 g/mol. The smallest absolute Gasteiger partial charge is 0.231 e. The van der Waals surface area contributed by atoms with Crippen molar-refractivity contribution in [1.82, 2.24) is 4.98 Å². The highest BCUT2D eigenvalue weighted by Gasteiger charge is 2.15. The second-order valence-corrected chi connectivity index (χ2v) is 6.27. The van der Waals surface area contributed by atoms with E-state index < -0.39 is 0 Å². The predicted octanol–water partition coefficient (Wildman–Crippen LogP) is 3.86. The van der Waals surface area contributed by atoms with Crippen molar-refractivity contribution in [3.05, 3.63) is 59.4 Å². The van der Waals surface area contributed by atoms with Gasteiger partial charge in [0.05, 0.1) is 12.1 Å². The molecule has 126 valence electrons. The van der Waals surface area contributed by atoms with Crippen molar-refractivity contribution in [2.45, 2.75) is 6.42 Å². The number of carbonyl (C=O) groups is 1. The zero-order chi connectivity index (χ0) is 17.2. The Morgan fingerprint density at radius 2 is 2.04 bits per heavy atom. The average molecular weight is 356 g/mol. The number of carbonyl (C=O) groups excluding carboxylic acids is 1. The fourth-order valence-electron chi connectivity index (χ4n) is 2.49. The summed E-state index contributed by atoms with van der Waals surface area (Å²) in [7, 11) is 0. The summed E-state index contributed by atoms with van der Waals surface area (Å²) in [5.74, 6) is 0.734. The van der Waals surface area contributed by atoms with Crippen molar-refractivity contribution in [3.63, 3.8) is 0 Å². The molecular weight excluding hydrogens is 343 g/mol. The Labute approximate surface area is 147 Å². The third-order valence-corrected chi connectivity index (χ3v) is 4.58. The Morgan fingerprint density at radius 3 is 2.92 bits per heavy atom. The van der Waals surface area contributed by atoms with E-state index >= 15 is 0 Å². The molecule has 0 fully saturated rings. The molecule has 0 radical (unpaired) electrons. The van der Waals surface area contributed by atoms with Crippen LogP contribution in [0.1, 0.15) is 5.69 Å². The van der Waals surface area contributed by atoms with Gasteiger partial charge in [-0.3, -0.25) is 4.79 Å². The molecule has 1 N–H and O–H groups in total. The van der Waals surface area contributed by atoms with E-state index in [1.165, 1.54) is 17.4 Å². The van der Waals surface area contributed by atoms with E-state index in [1.807, 2.05) is 0 Å². The Balaban J connectivity index is 1.44. The first-order valence-electron chi connectivity index (χ1n) is 7.58. The maximum atomic E-state index is 13.8. The fraction of sp³-hybridized carbons (Fsp3) is 0.111. The number of halogens is 1. The number of aromatic nitrogens is 1. The molecule has 4 rings (SSSR count). The van der Waals surface area contributed by atoms with Gasteiger partial charge in [-0.25, -0.2) is 9.37 Å². The molecule has 0 spiro atoms. The molecule has 1 aliphatic heterocycles. The lowest BCUT2D eigenvalue weighted by Crippen LogP contribution is -2.14. The number of benzene rings is 2. The van der Waals surface area contributed by atoms with Gasteiger partial charge in [-0.15, -0.1) is 11.3 Å². The highest BCUT2D eigenvalue weighted by molar-refractivity contribution is 7.13. The molecule has 1 aliphatic rings. The van der Waals surface area contributed by atoms with Crippen LogP contribution >= 0.6 is 11.3 Å². The number of nitrogens with zero attached hydrogens (tertiary/aromatic N) is 1. The Morgan fingerprint density at radius 1 is 1.20 bits per heavy atom. The minimum Gasteiger partial charge on any atom is -0.454 e. The van der Waals surface area contributed by atoms with Crippen molar-refractivity contribution in [1.29, 1.82) is 0 Å². The van der Waals surface area contributed by atoms with Crippen molar-refractivity contribution in [2.75, 3.05) is 12.1 Å². The van der Waals surface area contributed by atoms with Crippen LogP contribution in [0.3, 0.4) is 0 Å². The Bertz CT molecular complexity index is 942. The van der Waals surface area contributed by atoms with Crippen molar-refractivity contribution >= 4 is 22.9 Å². The highest BCUT2D eigenvalue weighted by Crippen LogP contribution is 2.34. The molecule has 2 heterocycles. The van der Waals surface area contributed by atoms with Crippen molar-refractivity contribution in [2.24, 2.45) is 0 Å². The van der Waals surface area contributed by atoms with Crippen LogP contribution in [0.4, 0.5) is 10.1 Å². The molecule has 0 bridgehead atoms. The van der Waals surface area contributed by atoms with Gasteiger partial charge in [-0.05, 0) is 24.3 Å². The van der Waals surface area contributed by atoms with E-state index in [0.717, 1.165) is 0 Å². The topological polar surface area (TPSA) is 60.5 Å². The molecule has 0 saturated heterocycles. The number of amides is 1. The minimum atomic E-state index is -0.326. The van der Waals surface area contributed by atoms with E-state index in [0.29, 0.717) is 33.5 Å². The normalized spacial score (nSPS) is 12.2. The lowest BCUT2D eigenvalue weighted by atomic mass is 10.2.